The molecule has 0 aromatic carbocycles. The summed E-state index contributed by atoms with van der Waals surface area (Å²) in [7, 11) is 2.26. The van der Waals surface area contributed by atoms with E-state index in [1.54, 1.807) is 0 Å². The summed E-state index contributed by atoms with van der Waals surface area (Å²) in [6, 6.07) is 0. The zero-order chi connectivity index (χ0) is 10.4. The van der Waals surface area contributed by atoms with Gasteiger partial charge in [0, 0.05) is 37.0 Å². The van der Waals surface area contributed by atoms with Crippen molar-refractivity contribution in [3.8, 4) is 0 Å². The lowest BCUT2D eigenvalue weighted by Gasteiger charge is -2.31. The molecule has 2 atom stereocenters. The molecule has 2 heteroatoms. The number of nitrogens with zero attached hydrogens (tertiary/aromatic N) is 2. The summed E-state index contributed by atoms with van der Waals surface area (Å²) in [5.74, 6) is 0. The average molecular weight is 196 g/mol. The summed E-state index contributed by atoms with van der Waals surface area (Å²) >= 11 is 0. The van der Waals surface area contributed by atoms with Gasteiger partial charge in [-0.05, 0) is 20.0 Å². The molecule has 2 rings (SSSR count). The van der Waals surface area contributed by atoms with E-state index in [1.807, 2.05) is 0 Å². The first kappa shape index (κ1) is 10.4. The van der Waals surface area contributed by atoms with Gasteiger partial charge in [0.2, 0.25) is 0 Å². The highest BCUT2D eigenvalue weighted by molar-refractivity contribution is 5.08. The van der Waals surface area contributed by atoms with Crippen LogP contribution in [0, 0.1) is 10.8 Å². The Morgan fingerprint density at radius 1 is 1.00 bits per heavy atom. The van der Waals surface area contributed by atoms with Crippen LogP contribution in [0.1, 0.15) is 27.2 Å². The Bertz CT molecular complexity index is 208. The monoisotopic (exact) mass is 196 g/mol. The van der Waals surface area contributed by atoms with Crippen molar-refractivity contribution in [3.05, 3.63) is 0 Å². The van der Waals surface area contributed by atoms with Crippen molar-refractivity contribution in [2.24, 2.45) is 10.8 Å². The van der Waals surface area contributed by atoms with Gasteiger partial charge in [-0.25, -0.2) is 0 Å². The van der Waals surface area contributed by atoms with Gasteiger partial charge in [0.15, 0.2) is 0 Å². The zero-order valence-electron chi connectivity index (χ0n) is 10.1. The normalized spacial score (nSPS) is 44.6. The number of hydrogen-bond donors (Lipinski definition) is 0. The predicted molar refractivity (Wildman–Crippen MR) is 60.4 cm³/mol. The second-order valence-corrected chi connectivity index (χ2v) is 6.00. The van der Waals surface area contributed by atoms with Crippen molar-refractivity contribution < 1.29 is 0 Å². The van der Waals surface area contributed by atoms with Crippen LogP contribution in [0.3, 0.4) is 0 Å². The van der Waals surface area contributed by atoms with Crippen LogP contribution in [-0.4, -0.2) is 49.6 Å². The molecule has 0 amide bonds. The predicted octanol–water partition coefficient (Wildman–Crippen LogP) is 1.67. The lowest BCUT2D eigenvalue weighted by molar-refractivity contribution is 0.212. The first-order valence-corrected chi connectivity index (χ1v) is 5.90. The molecule has 0 aliphatic carbocycles. The van der Waals surface area contributed by atoms with Crippen LogP contribution < -0.4 is 0 Å². The molecule has 14 heavy (non-hydrogen) atoms. The number of fused-ring (bicyclic) bond motifs is 1. The Morgan fingerprint density at radius 3 is 1.93 bits per heavy atom. The second-order valence-electron chi connectivity index (χ2n) is 6.00. The molecule has 2 heterocycles. The van der Waals surface area contributed by atoms with Gasteiger partial charge in [-0.3, -0.25) is 0 Å². The number of hydrogen-bond acceptors (Lipinski definition) is 2. The molecule has 0 aromatic rings. The van der Waals surface area contributed by atoms with Crippen molar-refractivity contribution in [2.45, 2.75) is 27.2 Å². The topological polar surface area (TPSA) is 6.48 Å². The summed E-state index contributed by atoms with van der Waals surface area (Å²) in [5, 5.41) is 0. The van der Waals surface area contributed by atoms with E-state index in [4.69, 9.17) is 0 Å². The third-order valence-electron chi connectivity index (χ3n) is 4.38. The second kappa shape index (κ2) is 3.21. The molecule has 0 bridgehead atoms. The Balaban J connectivity index is 2.11. The number of likely N-dealkylation sites (tertiary alicyclic amines) is 2. The van der Waals surface area contributed by atoms with E-state index >= 15 is 0 Å². The molecule has 0 N–H and O–H groups in total. The SMILES string of the molecule is CCCN1C[C@]2(C)CN(C)C[C@]2(C)C1. The van der Waals surface area contributed by atoms with Gasteiger partial charge in [-0.2, -0.15) is 0 Å². The Hall–Kier alpha value is -0.0800. The summed E-state index contributed by atoms with van der Waals surface area (Å²) in [6.07, 6.45) is 1.29. The van der Waals surface area contributed by atoms with Crippen LogP contribution in [0.4, 0.5) is 0 Å². The van der Waals surface area contributed by atoms with Crippen molar-refractivity contribution in [3.63, 3.8) is 0 Å². The Kier molecular flexibility index (Phi) is 2.39. The molecule has 0 saturated carbocycles. The van der Waals surface area contributed by atoms with Gasteiger partial charge in [0.25, 0.3) is 0 Å². The lowest BCUT2D eigenvalue weighted by atomic mass is 9.71. The lowest BCUT2D eigenvalue weighted by Crippen LogP contribution is -2.34. The average Bonchev–Trinajstić information content (AvgIpc) is 2.33. The molecule has 0 unspecified atom stereocenters. The highest BCUT2D eigenvalue weighted by Crippen LogP contribution is 2.50. The fraction of sp³-hybridized carbons (Fsp3) is 1.00. The molecule has 2 aliphatic heterocycles. The van der Waals surface area contributed by atoms with Gasteiger partial charge in [0.1, 0.15) is 0 Å². The largest absolute Gasteiger partial charge is 0.305 e. The van der Waals surface area contributed by atoms with E-state index in [9.17, 15) is 0 Å². The van der Waals surface area contributed by atoms with E-state index in [0.717, 1.165) is 0 Å². The fourth-order valence-corrected chi connectivity index (χ4v) is 3.63. The maximum Gasteiger partial charge on any atom is 0.00540 e. The smallest absolute Gasteiger partial charge is 0.00540 e. The van der Waals surface area contributed by atoms with Crippen molar-refractivity contribution in [2.75, 3.05) is 39.8 Å². The maximum atomic E-state index is 2.66. The third-order valence-corrected chi connectivity index (χ3v) is 4.38. The molecular weight excluding hydrogens is 172 g/mol. The van der Waals surface area contributed by atoms with Crippen molar-refractivity contribution in [1.29, 1.82) is 0 Å². The quantitative estimate of drug-likeness (QED) is 0.663. The van der Waals surface area contributed by atoms with E-state index in [0.29, 0.717) is 10.8 Å². The maximum absolute atomic E-state index is 2.66. The van der Waals surface area contributed by atoms with Crippen molar-refractivity contribution >= 4 is 0 Å². The zero-order valence-corrected chi connectivity index (χ0v) is 10.1. The third kappa shape index (κ3) is 1.40. The molecule has 0 spiro atoms. The van der Waals surface area contributed by atoms with E-state index < -0.39 is 0 Å². The first-order valence-electron chi connectivity index (χ1n) is 5.90. The molecular formula is C12H24N2. The van der Waals surface area contributed by atoms with Crippen LogP contribution in [-0.2, 0) is 0 Å². The molecule has 2 aliphatic rings. The standard InChI is InChI=1S/C12H24N2/c1-5-6-14-9-11(2)7-13(4)8-12(11,3)10-14/h5-10H2,1-4H3/t11-,12+. The molecule has 0 radical (unpaired) electrons. The van der Waals surface area contributed by atoms with Crippen LogP contribution in [0.15, 0.2) is 0 Å². The van der Waals surface area contributed by atoms with E-state index in [1.165, 1.54) is 39.1 Å². The fourth-order valence-electron chi connectivity index (χ4n) is 3.63. The Morgan fingerprint density at radius 2 is 1.50 bits per heavy atom. The summed E-state index contributed by atoms with van der Waals surface area (Å²) in [5.41, 5.74) is 1.08. The van der Waals surface area contributed by atoms with Gasteiger partial charge in [-0.1, -0.05) is 20.8 Å². The van der Waals surface area contributed by atoms with Gasteiger partial charge >= 0.3 is 0 Å². The van der Waals surface area contributed by atoms with E-state index in [-0.39, 0.29) is 0 Å². The molecule has 0 aromatic heterocycles. The molecule has 82 valence electrons. The minimum absolute atomic E-state index is 0.539. The summed E-state index contributed by atoms with van der Waals surface area (Å²) in [6.45, 7) is 13.7. The summed E-state index contributed by atoms with van der Waals surface area (Å²) in [4.78, 5) is 5.16. The first-order chi connectivity index (χ1) is 6.49. The highest BCUT2D eigenvalue weighted by Gasteiger charge is 2.56. The summed E-state index contributed by atoms with van der Waals surface area (Å²) < 4.78 is 0. The minimum atomic E-state index is 0.539. The van der Waals surface area contributed by atoms with Gasteiger partial charge < -0.3 is 9.80 Å². The van der Waals surface area contributed by atoms with Crippen LogP contribution >= 0.6 is 0 Å². The van der Waals surface area contributed by atoms with Crippen molar-refractivity contribution in [1.82, 2.24) is 9.80 Å². The van der Waals surface area contributed by atoms with Crippen LogP contribution in [0.2, 0.25) is 0 Å². The van der Waals surface area contributed by atoms with Crippen LogP contribution in [0.25, 0.3) is 0 Å². The molecule has 2 nitrogen and oxygen atoms in total. The number of rotatable bonds is 2. The van der Waals surface area contributed by atoms with E-state index in [2.05, 4.69) is 37.6 Å². The Labute approximate surface area is 88.3 Å². The highest BCUT2D eigenvalue weighted by atomic mass is 15.3. The van der Waals surface area contributed by atoms with Crippen LogP contribution in [0.5, 0.6) is 0 Å². The molecule has 2 fully saturated rings. The van der Waals surface area contributed by atoms with Gasteiger partial charge in [-0.15, -0.1) is 0 Å². The molecule has 2 saturated heterocycles. The van der Waals surface area contributed by atoms with Gasteiger partial charge in [0.05, 0.1) is 0 Å². The minimum Gasteiger partial charge on any atom is -0.305 e.